The molecular weight excluding hydrogens is 372 g/mol. The maximum atomic E-state index is 12.4. The first-order valence-corrected chi connectivity index (χ1v) is 11.9. The maximum Gasteiger partial charge on any atom is 0.212 e. The van der Waals surface area contributed by atoms with Gasteiger partial charge in [-0.05, 0) is 67.4 Å². The summed E-state index contributed by atoms with van der Waals surface area (Å²) in [4.78, 5) is 12.1. The number of aromatic amines is 1. The van der Waals surface area contributed by atoms with Gasteiger partial charge in [-0.1, -0.05) is 6.42 Å². The molecule has 2 saturated carbocycles. The van der Waals surface area contributed by atoms with Crippen molar-refractivity contribution in [3.63, 3.8) is 0 Å². The van der Waals surface area contributed by atoms with Gasteiger partial charge in [0.25, 0.3) is 0 Å². The van der Waals surface area contributed by atoms with Crippen LogP contribution in [-0.2, 0) is 10.0 Å². The number of hydrogen-bond acceptors (Lipinski definition) is 4. The number of nitrogens with one attached hydrogen (secondary N) is 2. The topological polar surface area (TPSA) is 87.7 Å². The molecule has 0 spiro atoms. The Kier molecular flexibility index (Phi) is 4.59. The number of sulfonamides is 1. The van der Waals surface area contributed by atoms with Gasteiger partial charge in [0, 0.05) is 41.6 Å². The highest BCUT2D eigenvalue weighted by atomic mass is 32.2. The van der Waals surface area contributed by atoms with Crippen molar-refractivity contribution in [1.29, 1.82) is 0 Å². The lowest BCUT2D eigenvalue weighted by molar-refractivity contribution is 0.344. The molecule has 2 aliphatic carbocycles. The molecule has 5 rings (SSSR count). The van der Waals surface area contributed by atoms with Crippen molar-refractivity contribution in [3.8, 4) is 0 Å². The number of rotatable bonds is 5. The SMILES string of the molecule is O=S(=O)(CC1CCC(c2c[nH]c3ncc4cnccc4c23)CC1)NC1CCC1. The zero-order valence-electron chi connectivity index (χ0n) is 15.9. The van der Waals surface area contributed by atoms with Gasteiger partial charge in [-0.3, -0.25) is 4.98 Å². The van der Waals surface area contributed by atoms with Crippen LogP contribution in [0.1, 0.15) is 56.4 Å². The van der Waals surface area contributed by atoms with Crippen molar-refractivity contribution >= 4 is 31.8 Å². The van der Waals surface area contributed by atoms with Crippen LogP contribution in [0.3, 0.4) is 0 Å². The highest BCUT2D eigenvalue weighted by Crippen LogP contribution is 2.40. The Morgan fingerprint density at radius 3 is 2.68 bits per heavy atom. The molecule has 7 heteroatoms. The Morgan fingerprint density at radius 1 is 1.11 bits per heavy atom. The minimum atomic E-state index is -3.15. The summed E-state index contributed by atoms with van der Waals surface area (Å²) >= 11 is 0. The fourth-order valence-corrected chi connectivity index (χ4v) is 6.58. The summed E-state index contributed by atoms with van der Waals surface area (Å²) in [6.07, 6.45) is 14.7. The number of H-pyrrole nitrogens is 1. The second-order valence-corrected chi connectivity index (χ2v) is 10.2. The van der Waals surface area contributed by atoms with Crippen LogP contribution in [0.15, 0.2) is 30.9 Å². The van der Waals surface area contributed by atoms with Gasteiger partial charge < -0.3 is 4.98 Å². The van der Waals surface area contributed by atoms with Gasteiger partial charge in [0.05, 0.1) is 5.75 Å². The van der Waals surface area contributed by atoms with Gasteiger partial charge in [0.1, 0.15) is 5.65 Å². The molecule has 2 aliphatic rings. The maximum absolute atomic E-state index is 12.4. The quantitative estimate of drug-likeness (QED) is 0.683. The van der Waals surface area contributed by atoms with Gasteiger partial charge in [-0.15, -0.1) is 0 Å². The Balaban J connectivity index is 1.31. The molecular formula is C21H26N4O2S. The van der Waals surface area contributed by atoms with E-state index in [4.69, 9.17) is 0 Å². The van der Waals surface area contributed by atoms with Gasteiger partial charge in [0.2, 0.25) is 10.0 Å². The van der Waals surface area contributed by atoms with Crippen molar-refractivity contribution in [1.82, 2.24) is 19.7 Å². The minimum Gasteiger partial charge on any atom is -0.346 e. The third-order valence-electron chi connectivity index (χ3n) is 6.54. The number of fused-ring (bicyclic) bond motifs is 3. The van der Waals surface area contributed by atoms with Crippen LogP contribution in [0.4, 0.5) is 0 Å². The largest absolute Gasteiger partial charge is 0.346 e. The molecule has 0 aliphatic heterocycles. The number of aromatic nitrogens is 3. The van der Waals surface area contributed by atoms with E-state index in [0.29, 0.717) is 5.92 Å². The van der Waals surface area contributed by atoms with Gasteiger partial charge >= 0.3 is 0 Å². The second kappa shape index (κ2) is 7.12. The van der Waals surface area contributed by atoms with E-state index in [0.717, 1.165) is 56.0 Å². The Hall–Kier alpha value is -1.99. The lowest BCUT2D eigenvalue weighted by Crippen LogP contribution is -2.42. The van der Waals surface area contributed by atoms with Crippen LogP contribution in [0, 0.1) is 5.92 Å². The molecule has 3 aromatic heterocycles. The molecule has 28 heavy (non-hydrogen) atoms. The van der Waals surface area contributed by atoms with Crippen molar-refractivity contribution in [3.05, 3.63) is 36.4 Å². The summed E-state index contributed by atoms with van der Waals surface area (Å²) < 4.78 is 27.7. The average Bonchev–Trinajstić information content (AvgIpc) is 3.10. The number of nitrogens with zero attached hydrogens (tertiary/aromatic N) is 2. The molecule has 0 saturated heterocycles. The van der Waals surface area contributed by atoms with Crippen LogP contribution in [0.5, 0.6) is 0 Å². The Morgan fingerprint density at radius 2 is 1.93 bits per heavy atom. The van der Waals surface area contributed by atoms with Gasteiger partial charge in [-0.25, -0.2) is 18.1 Å². The monoisotopic (exact) mass is 398 g/mol. The highest BCUT2D eigenvalue weighted by molar-refractivity contribution is 7.89. The normalized spacial score (nSPS) is 23.9. The fourth-order valence-electron chi connectivity index (χ4n) is 4.78. The Bertz CT molecular complexity index is 1100. The van der Waals surface area contributed by atoms with E-state index in [9.17, 15) is 8.42 Å². The van der Waals surface area contributed by atoms with E-state index in [1.165, 1.54) is 16.3 Å². The summed E-state index contributed by atoms with van der Waals surface area (Å²) in [5.74, 6) is 0.992. The molecule has 2 N–H and O–H groups in total. The fraction of sp³-hybridized carbons (Fsp3) is 0.524. The molecule has 0 amide bonds. The first kappa shape index (κ1) is 18.1. The third kappa shape index (κ3) is 3.42. The molecule has 0 atom stereocenters. The van der Waals surface area contributed by atoms with Crippen molar-refractivity contribution in [2.45, 2.75) is 56.9 Å². The van der Waals surface area contributed by atoms with Gasteiger partial charge in [0.15, 0.2) is 0 Å². The summed E-state index contributed by atoms with van der Waals surface area (Å²) in [5, 5.41) is 3.44. The van der Waals surface area contributed by atoms with E-state index in [1.54, 1.807) is 0 Å². The molecule has 0 radical (unpaired) electrons. The summed E-state index contributed by atoms with van der Waals surface area (Å²) in [5.41, 5.74) is 2.23. The van der Waals surface area contributed by atoms with E-state index in [1.807, 2.05) is 18.6 Å². The van der Waals surface area contributed by atoms with Crippen LogP contribution < -0.4 is 4.72 Å². The average molecular weight is 399 g/mol. The van der Waals surface area contributed by atoms with E-state index in [-0.39, 0.29) is 17.7 Å². The Labute approximate surface area is 165 Å². The summed E-state index contributed by atoms with van der Waals surface area (Å²) in [6.45, 7) is 0. The van der Waals surface area contributed by atoms with Gasteiger partial charge in [-0.2, -0.15) is 0 Å². The van der Waals surface area contributed by atoms with E-state index < -0.39 is 10.0 Å². The van der Waals surface area contributed by atoms with Crippen LogP contribution in [-0.4, -0.2) is 35.2 Å². The second-order valence-electron chi connectivity index (χ2n) is 8.43. The lowest BCUT2D eigenvalue weighted by atomic mass is 9.79. The smallest absolute Gasteiger partial charge is 0.212 e. The summed E-state index contributed by atoms with van der Waals surface area (Å²) in [7, 11) is -3.15. The molecule has 0 bridgehead atoms. The molecule has 148 valence electrons. The minimum absolute atomic E-state index is 0.183. The molecule has 2 fully saturated rings. The predicted molar refractivity (Wildman–Crippen MR) is 111 cm³/mol. The van der Waals surface area contributed by atoms with Crippen LogP contribution >= 0.6 is 0 Å². The van der Waals surface area contributed by atoms with E-state index in [2.05, 4.69) is 31.9 Å². The molecule has 6 nitrogen and oxygen atoms in total. The highest BCUT2D eigenvalue weighted by Gasteiger charge is 2.30. The van der Waals surface area contributed by atoms with Crippen LogP contribution in [0.25, 0.3) is 21.8 Å². The molecule has 0 aromatic carbocycles. The number of pyridine rings is 2. The first-order chi connectivity index (χ1) is 13.6. The van der Waals surface area contributed by atoms with Crippen molar-refractivity contribution < 1.29 is 8.42 Å². The number of hydrogen-bond donors (Lipinski definition) is 2. The van der Waals surface area contributed by atoms with Crippen LogP contribution in [0.2, 0.25) is 0 Å². The molecule has 0 unspecified atom stereocenters. The third-order valence-corrected chi connectivity index (χ3v) is 8.14. The van der Waals surface area contributed by atoms with Crippen molar-refractivity contribution in [2.24, 2.45) is 5.92 Å². The standard InChI is InChI=1S/C21H26N4O2S/c26-28(27,25-17-2-1-3-17)13-14-4-6-15(7-5-14)19-12-24-21-20(19)18-8-9-22-10-16(18)11-23-21/h8-12,14-15,17,25H,1-7,13H2,(H,23,24). The summed E-state index contributed by atoms with van der Waals surface area (Å²) in [6, 6.07) is 2.24. The molecule has 3 aromatic rings. The van der Waals surface area contributed by atoms with Crippen molar-refractivity contribution in [2.75, 3.05) is 5.75 Å². The van der Waals surface area contributed by atoms with E-state index >= 15 is 0 Å². The lowest BCUT2D eigenvalue weighted by Gasteiger charge is -2.30. The molecule has 3 heterocycles. The first-order valence-electron chi connectivity index (χ1n) is 10.3. The predicted octanol–water partition coefficient (Wildman–Crippen LogP) is 3.86. The zero-order chi connectivity index (χ0) is 19.1. The zero-order valence-corrected chi connectivity index (χ0v) is 16.7.